The van der Waals surface area contributed by atoms with Crippen LogP contribution in [0.4, 0.5) is 20.6 Å². The van der Waals surface area contributed by atoms with E-state index in [0.717, 1.165) is 53.2 Å². The maximum Gasteiger partial charge on any atom is 0.322 e. The number of allylic oxidation sites excluding steroid dienone is 2. The highest BCUT2D eigenvalue weighted by Gasteiger charge is 2.31. The molecule has 0 atom stereocenters. The van der Waals surface area contributed by atoms with Gasteiger partial charge in [0.1, 0.15) is 11.6 Å². The molecule has 40 heavy (non-hydrogen) atoms. The molecule has 8 nitrogen and oxygen atoms in total. The third-order valence-corrected chi connectivity index (χ3v) is 7.86. The van der Waals surface area contributed by atoms with Gasteiger partial charge in [0, 0.05) is 60.6 Å². The van der Waals surface area contributed by atoms with E-state index in [4.69, 9.17) is 10.5 Å². The number of fused-ring (bicyclic) bond motifs is 2. The van der Waals surface area contributed by atoms with Crippen LogP contribution in [0.15, 0.2) is 72.1 Å². The van der Waals surface area contributed by atoms with Crippen molar-refractivity contribution in [3.63, 3.8) is 0 Å². The molecule has 5 rings (SSSR count). The summed E-state index contributed by atoms with van der Waals surface area (Å²) in [5.74, 6) is 0.266. The summed E-state index contributed by atoms with van der Waals surface area (Å²) in [5.41, 5.74) is 11.3. The van der Waals surface area contributed by atoms with Crippen LogP contribution >= 0.6 is 0 Å². The second kappa shape index (κ2) is 11.5. The number of halogens is 1. The Morgan fingerprint density at radius 2 is 1.82 bits per heavy atom. The molecule has 2 aromatic rings. The van der Waals surface area contributed by atoms with E-state index in [9.17, 15) is 14.0 Å². The van der Waals surface area contributed by atoms with Crippen LogP contribution in [0.5, 0.6) is 5.75 Å². The summed E-state index contributed by atoms with van der Waals surface area (Å²) in [6.07, 6.45) is 6.57. The number of carbonyl (C=O) groups excluding carboxylic acids is 2. The standard InChI is InChI=1S/C31H36FN5O3/c1-20(30(38)37-15-9-23-18-24(32)4-7-29(23)37)16-26(17-21(2)33)35-12-10-25(11-13-35)36-14-8-22-19-27(40-3)5-6-28(22)34-31(36)39/h4-7,16-19,25H,1,8-15,33H2,2-3H3,(H,34,39)/b21-17-,26-16+. The monoisotopic (exact) mass is 545 g/mol. The predicted molar refractivity (Wildman–Crippen MR) is 155 cm³/mol. The fraction of sp³-hybridized carbons (Fsp3) is 0.355. The second-order valence-corrected chi connectivity index (χ2v) is 10.6. The van der Waals surface area contributed by atoms with Crippen molar-refractivity contribution in [3.05, 3.63) is 89.0 Å². The first-order valence-electron chi connectivity index (χ1n) is 13.7. The van der Waals surface area contributed by atoms with Crippen LogP contribution < -0.4 is 20.7 Å². The number of rotatable bonds is 6. The van der Waals surface area contributed by atoms with E-state index in [-0.39, 0.29) is 23.8 Å². The van der Waals surface area contributed by atoms with E-state index in [2.05, 4.69) is 16.8 Å². The Morgan fingerprint density at radius 1 is 1.07 bits per heavy atom. The lowest BCUT2D eigenvalue weighted by molar-refractivity contribution is -0.114. The number of nitrogens with zero attached hydrogens (tertiary/aromatic N) is 3. The van der Waals surface area contributed by atoms with E-state index < -0.39 is 0 Å². The average Bonchev–Trinajstić information content (AvgIpc) is 3.28. The number of carbonyl (C=O) groups is 2. The number of urea groups is 1. The minimum absolute atomic E-state index is 0.0828. The van der Waals surface area contributed by atoms with Gasteiger partial charge in [-0.05, 0) is 92.3 Å². The topological polar surface area (TPSA) is 91.1 Å². The lowest BCUT2D eigenvalue weighted by atomic mass is 10.0. The average molecular weight is 546 g/mol. The summed E-state index contributed by atoms with van der Waals surface area (Å²) < 4.78 is 19.0. The van der Waals surface area contributed by atoms with Gasteiger partial charge in [0.25, 0.3) is 5.91 Å². The summed E-state index contributed by atoms with van der Waals surface area (Å²) in [6, 6.07) is 10.3. The SMILES string of the molecule is C=C(/C=C(\C=C(\C)N)N1CCC(N2CCc3cc(OC)ccc3NC2=O)CC1)C(=O)N1CCc2cc(F)ccc21. The van der Waals surface area contributed by atoms with Crippen molar-refractivity contribution >= 4 is 23.3 Å². The Kier molecular flexibility index (Phi) is 7.82. The minimum Gasteiger partial charge on any atom is -0.497 e. The molecule has 0 unspecified atom stereocenters. The number of ether oxygens (including phenoxy) is 1. The van der Waals surface area contributed by atoms with Crippen molar-refractivity contribution in [2.24, 2.45) is 5.73 Å². The number of hydrogen-bond acceptors (Lipinski definition) is 5. The Balaban J connectivity index is 1.26. The molecule has 1 fully saturated rings. The van der Waals surface area contributed by atoms with Crippen molar-refractivity contribution in [2.45, 2.75) is 38.6 Å². The van der Waals surface area contributed by atoms with Gasteiger partial charge in [-0.1, -0.05) is 6.58 Å². The lowest BCUT2D eigenvalue weighted by Gasteiger charge is -2.39. The van der Waals surface area contributed by atoms with E-state index >= 15 is 0 Å². The fourth-order valence-electron chi connectivity index (χ4n) is 5.79. The highest BCUT2D eigenvalue weighted by molar-refractivity contribution is 6.08. The zero-order chi connectivity index (χ0) is 28.4. The molecule has 210 valence electrons. The molecule has 3 heterocycles. The van der Waals surface area contributed by atoms with Crippen molar-refractivity contribution in [1.29, 1.82) is 0 Å². The number of nitrogens with two attached hydrogens (primary N) is 1. The Bertz CT molecular complexity index is 1390. The molecule has 0 aliphatic carbocycles. The first-order valence-corrected chi connectivity index (χ1v) is 13.7. The van der Waals surface area contributed by atoms with Crippen molar-refractivity contribution < 1.29 is 18.7 Å². The molecule has 3 aliphatic heterocycles. The number of amides is 3. The number of nitrogens with one attached hydrogen (secondary N) is 1. The van der Waals surface area contributed by atoms with Gasteiger partial charge in [-0.2, -0.15) is 0 Å². The molecule has 0 spiro atoms. The third kappa shape index (κ3) is 5.68. The van der Waals surface area contributed by atoms with Gasteiger partial charge < -0.3 is 30.5 Å². The van der Waals surface area contributed by atoms with Crippen LogP contribution in [0, 0.1) is 5.82 Å². The van der Waals surface area contributed by atoms with Crippen molar-refractivity contribution in [1.82, 2.24) is 9.80 Å². The van der Waals surface area contributed by atoms with E-state index in [0.29, 0.717) is 43.9 Å². The molecular weight excluding hydrogens is 509 g/mol. The smallest absolute Gasteiger partial charge is 0.322 e. The molecule has 3 aliphatic rings. The van der Waals surface area contributed by atoms with E-state index in [1.165, 1.54) is 12.1 Å². The van der Waals surface area contributed by atoms with Gasteiger partial charge in [0.05, 0.1) is 7.11 Å². The number of benzene rings is 2. The maximum atomic E-state index is 13.6. The summed E-state index contributed by atoms with van der Waals surface area (Å²) in [6.45, 7) is 8.41. The van der Waals surface area contributed by atoms with Crippen molar-refractivity contribution in [3.8, 4) is 5.75 Å². The summed E-state index contributed by atoms with van der Waals surface area (Å²) in [7, 11) is 1.64. The molecule has 0 bridgehead atoms. The molecule has 0 radical (unpaired) electrons. The van der Waals surface area contributed by atoms with Gasteiger partial charge in [-0.15, -0.1) is 0 Å². The van der Waals surface area contributed by atoms with Gasteiger partial charge >= 0.3 is 6.03 Å². The van der Waals surface area contributed by atoms with Crippen LogP contribution in [0.1, 0.15) is 30.9 Å². The van der Waals surface area contributed by atoms with Crippen LogP contribution in [0.25, 0.3) is 0 Å². The molecular formula is C31H36FN5O3. The summed E-state index contributed by atoms with van der Waals surface area (Å²) >= 11 is 0. The molecule has 0 aromatic heterocycles. The Morgan fingerprint density at radius 3 is 2.55 bits per heavy atom. The summed E-state index contributed by atoms with van der Waals surface area (Å²) in [4.78, 5) is 32.2. The first-order chi connectivity index (χ1) is 19.2. The largest absolute Gasteiger partial charge is 0.497 e. The zero-order valence-corrected chi connectivity index (χ0v) is 23.1. The minimum atomic E-state index is -0.302. The van der Waals surface area contributed by atoms with E-state index in [1.54, 1.807) is 24.2 Å². The number of hydrogen-bond donors (Lipinski definition) is 2. The Labute approximate surface area is 234 Å². The number of methoxy groups -OCH3 is 1. The zero-order valence-electron chi connectivity index (χ0n) is 23.1. The first kappa shape index (κ1) is 27.3. The van der Waals surface area contributed by atoms with Crippen LogP contribution in [-0.2, 0) is 17.6 Å². The van der Waals surface area contributed by atoms with Gasteiger partial charge in [-0.3, -0.25) is 4.79 Å². The van der Waals surface area contributed by atoms with Gasteiger partial charge in [0.15, 0.2) is 0 Å². The molecule has 3 amide bonds. The van der Waals surface area contributed by atoms with E-state index in [1.807, 2.05) is 36.1 Å². The normalized spacial score (nSPS) is 18.2. The molecule has 3 N–H and O–H groups in total. The van der Waals surface area contributed by atoms with Gasteiger partial charge in [-0.25, -0.2) is 9.18 Å². The fourth-order valence-corrected chi connectivity index (χ4v) is 5.79. The lowest BCUT2D eigenvalue weighted by Crippen LogP contribution is -2.48. The van der Waals surface area contributed by atoms with Gasteiger partial charge in [0.2, 0.25) is 0 Å². The highest BCUT2D eigenvalue weighted by atomic mass is 19.1. The quantitative estimate of drug-likeness (QED) is 0.410. The van der Waals surface area contributed by atoms with Crippen molar-refractivity contribution in [2.75, 3.05) is 43.5 Å². The molecule has 9 heteroatoms. The second-order valence-electron chi connectivity index (χ2n) is 10.6. The van der Waals surface area contributed by atoms with Crippen LogP contribution in [-0.4, -0.2) is 61.1 Å². The third-order valence-electron chi connectivity index (χ3n) is 7.86. The van der Waals surface area contributed by atoms with Crippen LogP contribution in [0.3, 0.4) is 0 Å². The number of piperidine rings is 1. The van der Waals surface area contributed by atoms with Crippen LogP contribution in [0.2, 0.25) is 0 Å². The summed E-state index contributed by atoms with van der Waals surface area (Å²) in [5, 5.41) is 3.06. The molecule has 1 saturated heterocycles. The molecule has 2 aromatic carbocycles. The predicted octanol–water partition coefficient (Wildman–Crippen LogP) is 4.58. The molecule has 0 saturated carbocycles. The Hall–Kier alpha value is -4.27. The number of likely N-dealkylation sites (tertiary alicyclic amines) is 1. The maximum absolute atomic E-state index is 13.6. The number of anilines is 2. The highest BCUT2D eigenvalue weighted by Crippen LogP contribution is 2.31.